The van der Waals surface area contributed by atoms with Gasteiger partial charge in [-0.25, -0.2) is 4.79 Å². The van der Waals surface area contributed by atoms with E-state index in [1.54, 1.807) is 25.1 Å². The van der Waals surface area contributed by atoms with Crippen LogP contribution in [0.4, 0.5) is 5.69 Å². The number of likely N-dealkylation sites (N-methyl/N-ethyl adjacent to an activating group) is 1. The summed E-state index contributed by atoms with van der Waals surface area (Å²) in [6.45, 7) is 3.18. The van der Waals surface area contributed by atoms with Gasteiger partial charge in [-0.15, -0.1) is 0 Å². The van der Waals surface area contributed by atoms with E-state index in [9.17, 15) is 14.4 Å². The lowest BCUT2D eigenvalue weighted by molar-refractivity contribution is -0.124. The molecule has 3 aromatic rings. The highest BCUT2D eigenvalue weighted by Gasteiger charge is 2.29. The number of para-hydroxylation sites is 2. The molecule has 8 heteroatoms. The number of aromatic nitrogens is 1. The van der Waals surface area contributed by atoms with Crippen LogP contribution in [0, 0.1) is 0 Å². The van der Waals surface area contributed by atoms with E-state index < -0.39 is 23.9 Å². The fraction of sp³-hybridized carbons (Fsp3) is 0.280. The van der Waals surface area contributed by atoms with E-state index in [1.807, 2.05) is 31.3 Å². The number of carbonyl (C=O) groups is 3. The summed E-state index contributed by atoms with van der Waals surface area (Å²) in [6.07, 6.45) is -0.0395. The fourth-order valence-electron chi connectivity index (χ4n) is 4.09. The van der Waals surface area contributed by atoms with Crippen LogP contribution in [0.15, 0.2) is 48.5 Å². The van der Waals surface area contributed by atoms with E-state index in [1.165, 1.54) is 6.07 Å². The first-order valence-electron chi connectivity index (χ1n) is 10.9. The largest absolute Gasteiger partial charge is 0.449 e. The number of nitrogens with zero attached hydrogens (tertiary/aromatic N) is 2. The number of carbonyl (C=O) groups excluding carboxylic acids is 3. The SMILES string of the molecule is CCC(OC(=O)c1c2c(nc3ccccc13)CCN(C)C2)C(=O)Nc1ccccc1C(N)=O. The number of hydrogen-bond donors (Lipinski definition) is 2. The average Bonchev–Trinajstić information content (AvgIpc) is 2.81. The monoisotopic (exact) mass is 446 g/mol. The van der Waals surface area contributed by atoms with Crippen molar-refractivity contribution in [1.82, 2.24) is 9.88 Å². The topological polar surface area (TPSA) is 115 Å². The number of amides is 2. The molecule has 0 saturated carbocycles. The van der Waals surface area contributed by atoms with Crippen LogP contribution in [0.2, 0.25) is 0 Å². The Morgan fingerprint density at radius 2 is 1.88 bits per heavy atom. The van der Waals surface area contributed by atoms with Gasteiger partial charge < -0.3 is 20.7 Å². The van der Waals surface area contributed by atoms with Gasteiger partial charge in [0.2, 0.25) is 0 Å². The minimum absolute atomic E-state index is 0.185. The summed E-state index contributed by atoms with van der Waals surface area (Å²) in [5, 5.41) is 3.37. The van der Waals surface area contributed by atoms with Crippen molar-refractivity contribution in [2.45, 2.75) is 32.4 Å². The number of ether oxygens (including phenoxy) is 1. The molecule has 0 aliphatic carbocycles. The van der Waals surface area contributed by atoms with Crippen molar-refractivity contribution < 1.29 is 19.1 Å². The van der Waals surface area contributed by atoms with E-state index in [-0.39, 0.29) is 17.7 Å². The molecular formula is C25H26N4O4. The summed E-state index contributed by atoms with van der Waals surface area (Å²) < 4.78 is 5.72. The third-order valence-corrected chi connectivity index (χ3v) is 5.80. The molecule has 1 aromatic heterocycles. The third kappa shape index (κ3) is 4.56. The van der Waals surface area contributed by atoms with Crippen LogP contribution in [0.3, 0.4) is 0 Å². The Morgan fingerprint density at radius 1 is 1.15 bits per heavy atom. The first-order valence-corrected chi connectivity index (χ1v) is 10.9. The number of pyridine rings is 1. The minimum atomic E-state index is -1.04. The molecule has 8 nitrogen and oxygen atoms in total. The highest BCUT2D eigenvalue weighted by molar-refractivity contribution is 6.07. The van der Waals surface area contributed by atoms with Gasteiger partial charge in [0, 0.05) is 36.2 Å². The number of nitrogens with one attached hydrogen (secondary N) is 1. The van der Waals surface area contributed by atoms with Gasteiger partial charge in [-0.05, 0) is 31.7 Å². The van der Waals surface area contributed by atoms with Crippen molar-refractivity contribution in [3.8, 4) is 0 Å². The van der Waals surface area contributed by atoms with Crippen molar-refractivity contribution in [3.05, 3.63) is 70.9 Å². The Balaban J connectivity index is 1.64. The standard InChI is InChI=1S/C25H26N4O4/c1-3-21(24(31)28-19-11-7-5-9-16(19)23(26)30)33-25(32)22-15-8-4-6-10-18(15)27-20-12-13-29(2)14-17(20)22/h4-11,21H,3,12-14H2,1-2H3,(H2,26,30)(H,28,31). The number of hydrogen-bond acceptors (Lipinski definition) is 6. The molecule has 0 bridgehead atoms. The van der Waals surface area contributed by atoms with E-state index in [0.717, 1.165) is 29.7 Å². The highest BCUT2D eigenvalue weighted by atomic mass is 16.5. The predicted octanol–water partition coefficient (Wildman–Crippen LogP) is 2.90. The van der Waals surface area contributed by atoms with Crippen LogP contribution in [0.5, 0.6) is 0 Å². The maximum absolute atomic E-state index is 13.4. The fourth-order valence-corrected chi connectivity index (χ4v) is 4.09. The molecule has 33 heavy (non-hydrogen) atoms. The molecule has 0 saturated heterocycles. The quantitative estimate of drug-likeness (QED) is 0.563. The molecule has 1 aliphatic rings. The van der Waals surface area contributed by atoms with E-state index in [2.05, 4.69) is 10.2 Å². The molecule has 1 atom stereocenters. The van der Waals surface area contributed by atoms with Crippen LogP contribution in [-0.4, -0.2) is 47.4 Å². The molecule has 170 valence electrons. The summed E-state index contributed by atoms with van der Waals surface area (Å²) in [4.78, 5) is 44.9. The molecule has 0 radical (unpaired) electrons. The van der Waals surface area contributed by atoms with Gasteiger partial charge in [0.15, 0.2) is 6.10 Å². The van der Waals surface area contributed by atoms with Gasteiger partial charge in [-0.2, -0.15) is 0 Å². The molecule has 2 amide bonds. The number of rotatable bonds is 6. The second-order valence-corrected chi connectivity index (χ2v) is 8.12. The Bertz CT molecular complexity index is 1240. The predicted molar refractivity (Wildman–Crippen MR) is 125 cm³/mol. The van der Waals surface area contributed by atoms with Gasteiger partial charge >= 0.3 is 5.97 Å². The van der Waals surface area contributed by atoms with Crippen molar-refractivity contribution in [2.75, 3.05) is 18.9 Å². The summed E-state index contributed by atoms with van der Waals surface area (Å²) in [6, 6.07) is 13.9. The molecular weight excluding hydrogens is 420 g/mol. The normalized spacial score (nSPS) is 14.4. The second kappa shape index (κ2) is 9.38. The van der Waals surface area contributed by atoms with Crippen molar-refractivity contribution >= 4 is 34.4 Å². The van der Waals surface area contributed by atoms with E-state index in [0.29, 0.717) is 17.5 Å². The summed E-state index contributed by atoms with van der Waals surface area (Å²) in [5.41, 5.74) is 8.75. The van der Waals surface area contributed by atoms with E-state index >= 15 is 0 Å². The number of fused-ring (bicyclic) bond motifs is 2. The molecule has 0 fully saturated rings. The second-order valence-electron chi connectivity index (χ2n) is 8.12. The van der Waals surface area contributed by atoms with Crippen LogP contribution < -0.4 is 11.1 Å². The summed E-state index contributed by atoms with van der Waals surface area (Å²) in [7, 11) is 1.99. The van der Waals surface area contributed by atoms with Crippen LogP contribution >= 0.6 is 0 Å². The van der Waals surface area contributed by atoms with Gasteiger partial charge in [0.25, 0.3) is 11.8 Å². The molecule has 0 spiro atoms. The van der Waals surface area contributed by atoms with E-state index in [4.69, 9.17) is 15.5 Å². The smallest absolute Gasteiger partial charge is 0.340 e. The Kier molecular flexibility index (Phi) is 6.37. The molecule has 2 heterocycles. The highest BCUT2D eigenvalue weighted by Crippen LogP contribution is 2.29. The Labute approximate surface area is 191 Å². The number of anilines is 1. The number of benzene rings is 2. The molecule has 1 unspecified atom stereocenters. The molecule has 3 N–H and O–H groups in total. The third-order valence-electron chi connectivity index (χ3n) is 5.80. The molecule has 4 rings (SSSR count). The average molecular weight is 447 g/mol. The number of primary amides is 1. The first kappa shape index (κ1) is 22.4. The van der Waals surface area contributed by atoms with Gasteiger partial charge in [-0.3, -0.25) is 14.6 Å². The number of nitrogens with two attached hydrogens (primary N) is 1. The van der Waals surface area contributed by atoms with Crippen LogP contribution in [-0.2, 0) is 22.5 Å². The van der Waals surface area contributed by atoms with Gasteiger partial charge in [-0.1, -0.05) is 37.3 Å². The van der Waals surface area contributed by atoms with Crippen molar-refractivity contribution in [2.24, 2.45) is 5.73 Å². The van der Waals surface area contributed by atoms with Gasteiger partial charge in [0.1, 0.15) is 0 Å². The zero-order valence-corrected chi connectivity index (χ0v) is 18.6. The molecule has 2 aromatic carbocycles. The Hall–Kier alpha value is -3.78. The van der Waals surface area contributed by atoms with Crippen molar-refractivity contribution in [1.29, 1.82) is 0 Å². The zero-order valence-electron chi connectivity index (χ0n) is 18.6. The number of esters is 1. The first-order chi connectivity index (χ1) is 15.9. The van der Waals surface area contributed by atoms with Crippen LogP contribution in [0.25, 0.3) is 10.9 Å². The van der Waals surface area contributed by atoms with Crippen LogP contribution in [0.1, 0.15) is 45.3 Å². The lowest BCUT2D eigenvalue weighted by Crippen LogP contribution is -2.34. The zero-order chi connectivity index (χ0) is 23.5. The lowest BCUT2D eigenvalue weighted by atomic mass is 9.96. The van der Waals surface area contributed by atoms with Crippen molar-refractivity contribution in [3.63, 3.8) is 0 Å². The van der Waals surface area contributed by atoms with Gasteiger partial charge in [0.05, 0.1) is 22.3 Å². The maximum atomic E-state index is 13.4. The summed E-state index contributed by atoms with van der Waals surface area (Å²) >= 11 is 0. The molecule has 1 aliphatic heterocycles. The lowest BCUT2D eigenvalue weighted by Gasteiger charge is -2.27. The Morgan fingerprint density at radius 3 is 2.64 bits per heavy atom. The summed E-state index contributed by atoms with van der Waals surface area (Å²) in [5.74, 6) is -1.75. The maximum Gasteiger partial charge on any atom is 0.340 e. The minimum Gasteiger partial charge on any atom is -0.449 e.